The molecule has 1 unspecified atom stereocenters. The van der Waals surface area contributed by atoms with Crippen molar-refractivity contribution in [3.05, 3.63) is 52.5 Å². The van der Waals surface area contributed by atoms with Gasteiger partial charge < -0.3 is 16.2 Å². The van der Waals surface area contributed by atoms with Gasteiger partial charge in [0.15, 0.2) is 0 Å². The third kappa shape index (κ3) is 1.68. The van der Waals surface area contributed by atoms with Gasteiger partial charge in [-0.25, -0.2) is 0 Å². The highest BCUT2D eigenvalue weighted by molar-refractivity contribution is 5.61. The average molecular weight is 281 g/mol. The molecule has 6 heteroatoms. The number of nitrogen functional groups attached to an aromatic ring is 1. The fourth-order valence-corrected chi connectivity index (χ4v) is 2.87. The molecule has 0 fully saturated rings. The number of nitrogens with zero attached hydrogens (tertiary/aromatic N) is 2. The Kier molecular flexibility index (Phi) is 2.66. The molecule has 1 aromatic heterocycles. The van der Waals surface area contributed by atoms with Gasteiger partial charge in [0.1, 0.15) is 11.6 Å². The number of nitrogens with one attached hydrogen (secondary N) is 1. The van der Waals surface area contributed by atoms with Gasteiger partial charge in [-0.15, -0.1) is 5.10 Å². The molecule has 2 heterocycles. The lowest BCUT2D eigenvalue weighted by molar-refractivity contribution is 0.362. The second kappa shape index (κ2) is 4.28. The van der Waals surface area contributed by atoms with Crippen molar-refractivity contribution in [3.8, 4) is 11.9 Å². The van der Waals surface area contributed by atoms with E-state index in [9.17, 15) is 5.26 Å². The third-order valence-corrected chi connectivity index (χ3v) is 3.97. The lowest BCUT2D eigenvalue weighted by atomic mass is 9.70. The summed E-state index contributed by atoms with van der Waals surface area (Å²) in [6, 6.07) is 9.56. The highest BCUT2D eigenvalue weighted by atomic mass is 16.5. The summed E-state index contributed by atoms with van der Waals surface area (Å²) < 4.78 is 5.46. The van der Waals surface area contributed by atoms with Gasteiger partial charge in [0.2, 0.25) is 11.8 Å². The van der Waals surface area contributed by atoms with Gasteiger partial charge in [-0.05, 0) is 31.5 Å². The topological polar surface area (TPSA) is 114 Å². The Morgan fingerprint density at radius 3 is 2.57 bits per heavy atom. The van der Waals surface area contributed by atoms with E-state index in [1.165, 1.54) is 0 Å². The summed E-state index contributed by atoms with van der Waals surface area (Å²) in [7, 11) is 0. The van der Waals surface area contributed by atoms with E-state index < -0.39 is 5.41 Å². The summed E-state index contributed by atoms with van der Waals surface area (Å²) >= 11 is 0. The zero-order valence-electron chi connectivity index (χ0n) is 11.8. The molecule has 0 bridgehead atoms. The van der Waals surface area contributed by atoms with Crippen molar-refractivity contribution in [1.82, 2.24) is 10.2 Å². The van der Waals surface area contributed by atoms with Gasteiger partial charge in [-0.1, -0.05) is 12.1 Å². The first-order valence-electron chi connectivity index (χ1n) is 6.48. The number of aromatic amines is 1. The molecule has 0 aliphatic carbocycles. The molecule has 21 heavy (non-hydrogen) atoms. The zero-order valence-corrected chi connectivity index (χ0v) is 11.8. The first-order valence-corrected chi connectivity index (χ1v) is 6.48. The van der Waals surface area contributed by atoms with Crippen LogP contribution in [0.25, 0.3) is 0 Å². The molecule has 1 aliphatic rings. The Morgan fingerprint density at radius 2 is 1.95 bits per heavy atom. The van der Waals surface area contributed by atoms with E-state index in [-0.39, 0.29) is 5.88 Å². The molecule has 5 N–H and O–H groups in total. The van der Waals surface area contributed by atoms with Crippen molar-refractivity contribution >= 4 is 5.69 Å². The predicted molar refractivity (Wildman–Crippen MR) is 78.1 cm³/mol. The van der Waals surface area contributed by atoms with Crippen LogP contribution in [0.1, 0.15) is 23.7 Å². The number of nitriles is 1. The second-order valence-electron chi connectivity index (χ2n) is 5.23. The molecule has 0 spiro atoms. The number of benzene rings is 1. The number of hydrogen-bond donors (Lipinski definition) is 3. The van der Waals surface area contributed by atoms with Gasteiger partial charge in [-0.3, -0.25) is 5.10 Å². The largest absolute Gasteiger partial charge is 0.420 e. The maximum absolute atomic E-state index is 9.54. The summed E-state index contributed by atoms with van der Waals surface area (Å²) in [6.45, 7) is 3.83. The SMILES string of the molecule is Cc1[nH]nc2c1C(C)(c1ccc(N)cc1)C(C#N)=C(N)O2. The summed E-state index contributed by atoms with van der Waals surface area (Å²) in [6.07, 6.45) is 0. The summed E-state index contributed by atoms with van der Waals surface area (Å²) in [5, 5.41) is 16.6. The highest BCUT2D eigenvalue weighted by Crippen LogP contribution is 2.47. The van der Waals surface area contributed by atoms with Crippen LogP contribution in [0.5, 0.6) is 5.88 Å². The van der Waals surface area contributed by atoms with E-state index in [0.717, 1.165) is 16.8 Å². The molecular formula is C15H15N5O. The Hall–Kier alpha value is -2.94. The Morgan fingerprint density at radius 1 is 1.29 bits per heavy atom. The highest BCUT2D eigenvalue weighted by Gasteiger charge is 2.44. The van der Waals surface area contributed by atoms with E-state index in [4.69, 9.17) is 16.2 Å². The third-order valence-electron chi connectivity index (χ3n) is 3.97. The molecule has 3 rings (SSSR count). The monoisotopic (exact) mass is 281 g/mol. The maximum Gasteiger partial charge on any atom is 0.244 e. The Bertz CT molecular complexity index is 781. The van der Waals surface area contributed by atoms with Crippen LogP contribution in [0.2, 0.25) is 0 Å². The quantitative estimate of drug-likeness (QED) is 0.688. The minimum Gasteiger partial charge on any atom is -0.420 e. The molecule has 0 saturated heterocycles. The van der Waals surface area contributed by atoms with Crippen molar-refractivity contribution in [2.75, 3.05) is 5.73 Å². The Labute approximate surface area is 122 Å². The normalized spacial score (nSPS) is 20.6. The molecule has 2 aromatic rings. The summed E-state index contributed by atoms with van der Waals surface area (Å²) in [4.78, 5) is 0. The molecule has 0 amide bonds. The van der Waals surface area contributed by atoms with Gasteiger partial charge in [0, 0.05) is 11.4 Å². The lowest BCUT2D eigenvalue weighted by Crippen LogP contribution is -2.34. The van der Waals surface area contributed by atoms with Crippen molar-refractivity contribution in [1.29, 1.82) is 5.26 Å². The minimum atomic E-state index is -0.725. The first-order chi connectivity index (χ1) is 9.98. The van der Waals surface area contributed by atoms with Crippen LogP contribution < -0.4 is 16.2 Å². The van der Waals surface area contributed by atoms with Gasteiger partial charge in [0.25, 0.3) is 0 Å². The van der Waals surface area contributed by atoms with Crippen molar-refractivity contribution in [3.63, 3.8) is 0 Å². The molecular weight excluding hydrogens is 266 g/mol. The average Bonchev–Trinajstić information content (AvgIpc) is 2.81. The van der Waals surface area contributed by atoms with E-state index in [1.807, 2.05) is 26.0 Å². The molecule has 1 aromatic carbocycles. The van der Waals surface area contributed by atoms with Gasteiger partial charge in [-0.2, -0.15) is 5.26 Å². The van der Waals surface area contributed by atoms with Crippen LogP contribution in [-0.4, -0.2) is 10.2 Å². The van der Waals surface area contributed by atoms with E-state index in [0.29, 0.717) is 17.1 Å². The first kappa shape index (κ1) is 13.1. The van der Waals surface area contributed by atoms with Gasteiger partial charge in [0.05, 0.1) is 11.0 Å². The van der Waals surface area contributed by atoms with Crippen molar-refractivity contribution in [2.24, 2.45) is 5.73 Å². The predicted octanol–water partition coefficient (Wildman–Crippen LogP) is 1.69. The molecule has 0 radical (unpaired) electrons. The number of fused-ring (bicyclic) bond motifs is 1. The molecule has 1 atom stereocenters. The van der Waals surface area contributed by atoms with Crippen LogP contribution in [0.4, 0.5) is 5.69 Å². The number of rotatable bonds is 1. The molecule has 0 saturated carbocycles. The van der Waals surface area contributed by atoms with Crippen molar-refractivity contribution in [2.45, 2.75) is 19.3 Å². The smallest absolute Gasteiger partial charge is 0.244 e. The van der Waals surface area contributed by atoms with Gasteiger partial charge >= 0.3 is 0 Å². The number of anilines is 1. The van der Waals surface area contributed by atoms with Crippen LogP contribution in [-0.2, 0) is 5.41 Å². The zero-order chi connectivity index (χ0) is 15.2. The lowest BCUT2D eigenvalue weighted by Gasteiger charge is -2.34. The van der Waals surface area contributed by atoms with Crippen molar-refractivity contribution < 1.29 is 4.74 Å². The fourth-order valence-electron chi connectivity index (χ4n) is 2.87. The number of allylic oxidation sites excluding steroid dienone is 1. The number of nitrogens with two attached hydrogens (primary N) is 2. The number of ether oxygens (including phenoxy) is 1. The second-order valence-corrected chi connectivity index (χ2v) is 5.23. The summed E-state index contributed by atoms with van der Waals surface area (Å²) in [5.74, 6) is 0.485. The fraction of sp³-hybridized carbons (Fsp3) is 0.200. The van der Waals surface area contributed by atoms with Crippen LogP contribution >= 0.6 is 0 Å². The standard InChI is InChI=1S/C15H15N5O/c1-8-12-14(20-19-8)21-13(18)11(7-16)15(12,2)9-3-5-10(17)6-4-9/h3-6H,17-18H2,1-2H3,(H,19,20). The number of hydrogen-bond acceptors (Lipinski definition) is 5. The Balaban J connectivity index is 2.33. The number of H-pyrrole nitrogens is 1. The molecule has 6 nitrogen and oxygen atoms in total. The van der Waals surface area contributed by atoms with Crippen LogP contribution in [0.15, 0.2) is 35.7 Å². The number of aryl methyl sites for hydroxylation is 1. The van der Waals surface area contributed by atoms with Crippen LogP contribution in [0.3, 0.4) is 0 Å². The molecule has 1 aliphatic heterocycles. The van der Waals surface area contributed by atoms with E-state index in [2.05, 4.69) is 16.3 Å². The minimum absolute atomic E-state index is 0.0795. The summed E-state index contributed by atoms with van der Waals surface area (Å²) in [5.41, 5.74) is 14.5. The van der Waals surface area contributed by atoms with E-state index in [1.54, 1.807) is 12.1 Å². The number of aromatic nitrogens is 2. The maximum atomic E-state index is 9.54. The van der Waals surface area contributed by atoms with E-state index >= 15 is 0 Å². The van der Waals surface area contributed by atoms with Crippen LogP contribution in [0, 0.1) is 18.3 Å². The molecule has 106 valence electrons.